The summed E-state index contributed by atoms with van der Waals surface area (Å²) < 4.78 is 32.9. The highest BCUT2D eigenvalue weighted by molar-refractivity contribution is 7.89. The average Bonchev–Trinajstić information content (AvgIpc) is 3.00. The molecule has 2 aliphatic rings. The average molecular weight is 381 g/mol. The Morgan fingerprint density at radius 2 is 1.81 bits per heavy atom. The predicted octanol–water partition coefficient (Wildman–Crippen LogP) is 2.74. The minimum absolute atomic E-state index is 0.0365. The topological polar surface area (TPSA) is 58.6 Å². The molecular weight excluding hydrogens is 348 g/mol. The predicted molar refractivity (Wildman–Crippen MR) is 105 cm³/mol. The Morgan fingerprint density at radius 3 is 2.46 bits per heavy atom. The minimum atomic E-state index is -3.17. The highest BCUT2D eigenvalue weighted by Crippen LogP contribution is 2.34. The van der Waals surface area contributed by atoms with Crippen LogP contribution in [0.5, 0.6) is 0 Å². The maximum absolute atomic E-state index is 11.9. The van der Waals surface area contributed by atoms with Crippen molar-refractivity contribution in [2.75, 3.05) is 26.0 Å². The van der Waals surface area contributed by atoms with E-state index in [2.05, 4.69) is 47.0 Å². The lowest BCUT2D eigenvalue weighted by Gasteiger charge is -2.32. The zero-order chi connectivity index (χ0) is 18.6. The first-order valence-electron chi connectivity index (χ1n) is 9.85. The van der Waals surface area contributed by atoms with Crippen LogP contribution in [0.4, 0.5) is 0 Å². The van der Waals surface area contributed by atoms with Crippen LogP contribution in [-0.4, -0.2) is 57.5 Å². The molecule has 0 bridgehead atoms. The standard InChI is InChI=1S/C20H32N2O3S/c1-3-26(23,24)21-19-13-14-22(2)20(19)15-25-18-11-9-17(10-12-18)16-7-5-4-6-8-16/h4-8,17-21H,3,9-15H2,1-2H3/t17?,18?,19?,20-/m0/s1. The quantitative estimate of drug-likeness (QED) is 0.790. The van der Waals surface area contributed by atoms with Gasteiger partial charge in [0.05, 0.1) is 18.5 Å². The number of nitrogens with zero attached hydrogens (tertiary/aromatic N) is 1. The summed E-state index contributed by atoms with van der Waals surface area (Å²) in [4.78, 5) is 2.22. The Balaban J connectivity index is 1.48. The third kappa shape index (κ3) is 5.06. The Kier molecular flexibility index (Phi) is 6.72. The van der Waals surface area contributed by atoms with Crippen molar-refractivity contribution in [3.63, 3.8) is 0 Å². The second-order valence-electron chi connectivity index (χ2n) is 7.68. The van der Waals surface area contributed by atoms with Gasteiger partial charge in [0.1, 0.15) is 0 Å². The number of hydrogen-bond donors (Lipinski definition) is 1. The molecule has 1 unspecified atom stereocenters. The van der Waals surface area contributed by atoms with Gasteiger partial charge < -0.3 is 4.74 Å². The molecule has 2 atom stereocenters. The highest BCUT2D eigenvalue weighted by Gasteiger charge is 2.35. The van der Waals surface area contributed by atoms with E-state index in [1.54, 1.807) is 6.92 Å². The fourth-order valence-corrected chi connectivity index (χ4v) is 5.13. The van der Waals surface area contributed by atoms with E-state index in [1.165, 1.54) is 18.4 Å². The third-order valence-electron chi connectivity index (χ3n) is 5.98. The normalized spacial score (nSPS) is 30.5. The van der Waals surface area contributed by atoms with E-state index in [0.717, 1.165) is 25.8 Å². The molecule has 1 aromatic carbocycles. The van der Waals surface area contributed by atoms with Gasteiger partial charge in [-0.15, -0.1) is 0 Å². The van der Waals surface area contributed by atoms with E-state index in [-0.39, 0.29) is 17.8 Å². The smallest absolute Gasteiger partial charge is 0.211 e. The van der Waals surface area contributed by atoms with Gasteiger partial charge in [0.15, 0.2) is 0 Å². The third-order valence-corrected chi connectivity index (χ3v) is 7.40. The molecule has 1 aliphatic carbocycles. The van der Waals surface area contributed by atoms with Crippen LogP contribution in [0.2, 0.25) is 0 Å². The Bertz CT molecular complexity index is 657. The number of ether oxygens (including phenoxy) is 1. The summed E-state index contributed by atoms with van der Waals surface area (Å²) in [5.41, 5.74) is 1.44. The first-order chi connectivity index (χ1) is 12.5. The molecule has 1 N–H and O–H groups in total. The van der Waals surface area contributed by atoms with Gasteiger partial charge >= 0.3 is 0 Å². The van der Waals surface area contributed by atoms with Crippen LogP contribution >= 0.6 is 0 Å². The van der Waals surface area contributed by atoms with Crippen LogP contribution < -0.4 is 4.72 Å². The van der Waals surface area contributed by atoms with Crippen molar-refractivity contribution >= 4 is 10.0 Å². The lowest BCUT2D eigenvalue weighted by Crippen LogP contribution is -2.47. The number of likely N-dealkylation sites (N-methyl/N-ethyl adjacent to an activating group) is 1. The zero-order valence-corrected chi connectivity index (χ0v) is 16.7. The van der Waals surface area contributed by atoms with Gasteiger partial charge in [-0.25, -0.2) is 13.1 Å². The second kappa shape index (κ2) is 8.83. The Morgan fingerprint density at radius 1 is 1.12 bits per heavy atom. The van der Waals surface area contributed by atoms with Crippen LogP contribution in [0.15, 0.2) is 30.3 Å². The number of likely N-dealkylation sites (tertiary alicyclic amines) is 1. The summed E-state index contributed by atoms with van der Waals surface area (Å²) in [7, 11) is -1.12. The van der Waals surface area contributed by atoms with Crippen LogP contribution in [-0.2, 0) is 14.8 Å². The molecule has 0 amide bonds. The number of hydrogen-bond acceptors (Lipinski definition) is 4. The summed E-state index contributed by atoms with van der Waals surface area (Å²) >= 11 is 0. The number of rotatable bonds is 7. The zero-order valence-electron chi connectivity index (χ0n) is 15.9. The largest absolute Gasteiger partial charge is 0.377 e. The lowest BCUT2D eigenvalue weighted by atomic mass is 9.83. The van der Waals surface area contributed by atoms with Gasteiger partial charge in [-0.2, -0.15) is 0 Å². The van der Waals surface area contributed by atoms with Crippen LogP contribution in [0.3, 0.4) is 0 Å². The van der Waals surface area contributed by atoms with Gasteiger partial charge in [0.2, 0.25) is 10.0 Å². The van der Waals surface area contributed by atoms with E-state index in [9.17, 15) is 8.42 Å². The van der Waals surface area contributed by atoms with Gasteiger partial charge in [0.25, 0.3) is 0 Å². The Hall–Kier alpha value is -0.950. The highest BCUT2D eigenvalue weighted by atomic mass is 32.2. The van der Waals surface area contributed by atoms with Crippen molar-refractivity contribution in [1.82, 2.24) is 9.62 Å². The molecule has 5 nitrogen and oxygen atoms in total. The molecule has 26 heavy (non-hydrogen) atoms. The summed E-state index contributed by atoms with van der Waals surface area (Å²) in [5.74, 6) is 0.777. The van der Waals surface area contributed by atoms with Crippen LogP contribution in [0.25, 0.3) is 0 Å². The summed E-state index contributed by atoms with van der Waals surface area (Å²) in [6, 6.07) is 10.8. The fraction of sp³-hybridized carbons (Fsp3) is 0.700. The van der Waals surface area contributed by atoms with Crippen molar-refractivity contribution in [2.24, 2.45) is 0 Å². The number of sulfonamides is 1. The van der Waals surface area contributed by atoms with Crippen molar-refractivity contribution in [3.05, 3.63) is 35.9 Å². The van der Waals surface area contributed by atoms with E-state index < -0.39 is 10.0 Å². The molecule has 1 heterocycles. The van der Waals surface area contributed by atoms with E-state index >= 15 is 0 Å². The van der Waals surface area contributed by atoms with Crippen LogP contribution in [0, 0.1) is 0 Å². The summed E-state index contributed by atoms with van der Waals surface area (Å²) in [6.07, 6.45) is 5.66. The lowest BCUT2D eigenvalue weighted by molar-refractivity contribution is -0.00244. The molecule has 1 aliphatic heterocycles. The van der Waals surface area contributed by atoms with Crippen molar-refractivity contribution in [1.29, 1.82) is 0 Å². The van der Waals surface area contributed by atoms with E-state index in [1.807, 2.05) is 0 Å². The maximum atomic E-state index is 11.9. The van der Waals surface area contributed by atoms with Gasteiger partial charge in [-0.3, -0.25) is 4.90 Å². The summed E-state index contributed by atoms with van der Waals surface area (Å²) in [6.45, 7) is 3.19. The molecule has 0 aromatic heterocycles. The fourth-order valence-electron chi connectivity index (χ4n) is 4.23. The summed E-state index contributed by atoms with van der Waals surface area (Å²) in [5, 5.41) is 0. The Labute approximate surface area is 158 Å². The molecule has 1 saturated heterocycles. The first kappa shape index (κ1) is 19.8. The van der Waals surface area contributed by atoms with Gasteiger partial charge in [0, 0.05) is 12.1 Å². The van der Waals surface area contributed by atoms with Crippen molar-refractivity contribution in [2.45, 2.75) is 63.1 Å². The monoisotopic (exact) mass is 380 g/mol. The molecule has 6 heteroatoms. The molecule has 1 aromatic rings. The van der Waals surface area contributed by atoms with Crippen molar-refractivity contribution in [3.8, 4) is 0 Å². The van der Waals surface area contributed by atoms with Crippen LogP contribution in [0.1, 0.15) is 50.5 Å². The molecular formula is C20H32N2O3S. The van der Waals surface area contributed by atoms with Gasteiger partial charge in [-0.1, -0.05) is 30.3 Å². The first-order valence-corrected chi connectivity index (χ1v) is 11.5. The molecule has 3 rings (SSSR count). The second-order valence-corrected chi connectivity index (χ2v) is 9.72. The maximum Gasteiger partial charge on any atom is 0.211 e. The molecule has 1 saturated carbocycles. The molecule has 0 radical (unpaired) electrons. The van der Waals surface area contributed by atoms with E-state index in [4.69, 9.17) is 4.74 Å². The molecule has 0 spiro atoms. The molecule has 2 fully saturated rings. The van der Waals surface area contributed by atoms with E-state index in [0.29, 0.717) is 18.6 Å². The van der Waals surface area contributed by atoms with Gasteiger partial charge in [-0.05, 0) is 64.1 Å². The minimum Gasteiger partial charge on any atom is -0.377 e. The number of benzene rings is 1. The molecule has 146 valence electrons. The number of nitrogens with one attached hydrogen (secondary N) is 1. The van der Waals surface area contributed by atoms with Crippen molar-refractivity contribution < 1.29 is 13.2 Å². The SMILES string of the molecule is CCS(=O)(=O)NC1CCN(C)[C@H]1COC1CCC(c2ccccc2)CC1.